The van der Waals surface area contributed by atoms with E-state index in [-0.39, 0.29) is 43.7 Å². The van der Waals surface area contributed by atoms with Crippen LogP contribution in [-0.4, -0.2) is 144 Å². The van der Waals surface area contributed by atoms with E-state index in [2.05, 4.69) is 14.7 Å². The number of hydrogen-bond donors (Lipinski definition) is 1. The predicted molar refractivity (Wildman–Crippen MR) is 165 cm³/mol. The third kappa shape index (κ3) is 21.1. The normalized spacial score (nSPS) is 17.9. The molecule has 1 aliphatic heterocycles. The van der Waals surface area contributed by atoms with Crippen LogP contribution >= 0.6 is 0 Å². The van der Waals surface area contributed by atoms with Crippen molar-refractivity contribution in [1.82, 2.24) is 19.6 Å². The molecule has 0 aromatic rings. The first-order valence-electron chi connectivity index (χ1n) is 15.5. The topological polar surface area (TPSA) is 129 Å². The lowest BCUT2D eigenvalue weighted by atomic mass is 10.2. The van der Waals surface area contributed by atoms with Crippen molar-refractivity contribution in [3.8, 4) is 0 Å². The fraction of sp³-hybridized carbons (Fsp3) is 0.871. The van der Waals surface area contributed by atoms with E-state index in [0.29, 0.717) is 72.0 Å². The first-order valence-corrected chi connectivity index (χ1v) is 15.5. The fourth-order valence-corrected chi connectivity index (χ4v) is 4.52. The minimum absolute atomic E-state index is 0.0954. The summed E-state index contributed by atoms with van der Waals surface area (Å²) in [5.41, 5.74) is -1.69. The second kappa shape index (κ2) is 17.9. The van der Waals surface area contributed by atoms with Crippen LogP contribution in [0.3, 0.4) is 0 Å². The van der Waals surface area contributed by atoms with Crippen molar-refractivity contribution in [2.24, 2.45) is 0 Å². The average molecular weight is 615 g/mol. The van der Waals surface area contributed by atoms with Gasteiger partial charge in [-0.2, -0.15) is 0 Å². The zero-order valence-corrected chi connectivity index (χ0v) is 28.2. The van der Waals surface area contributed by atoms with Gasteiger partial charge in [0.25, 0.3) is 0 Å². The number of carbonyl (C=O) groups excluding carboxylic acids is 3. The number of aliphatic carboxylic acids is 1. The largest absolute Gasteiger partial charge is 0.480 e. The highest BCUT2D eigenvalue weighted by Gasteiger charge is 2.23. The zero-order chi connectivity index (χ0) is 32.8. The van der Waals surface area contributed by atoms with Crippen molar-refractivity contribution in [3.05, 3.63) is 0 Å². The highest BCUT2D eigenvalue weighted by Crippen LogP contribution is 2.12. The van der Waals surface area contributed by atoms with Crippen LogP contribution in [0.15, 0.2) is 0 Å². The Kier molecular flexibility index (Phi) is 16.1. The van der Waals surface area contributed by atoms with Gasteiger partial charge in [0.15, 0.2) is 0 Å². The Morgan fingerprint density at radius 3 is 0.930 bits per heavy atom. The van der Waals surface area contributed by atoms with Gasteiger partial charge in [0.05, 0.1) is 25.8 Å². The lowest BCUT2D eigenvalue weighted by molar-refractivity contribution is -0.156. The lowest BCUT2D eigenvalue weighted by Crippen LogP contribution is -2.48. The molecule has 0 aromatic carbocycles. The summed E-state index contributed by atoms with van der Waals surface area (Å²) in [4.78, 5) is 57.4. The van der Waals surface area contributed by atoms with Crippen molar-refractivity contribution < 1.29 is 38.5 Å². The SMILES string of the molecule is CC(C)(C)OC(=O)CCN1CCN(CCC(=O)OC(C)(C)C)CCN(CC(=O)O)CCN(CCC(=O)OC(C)(C)C)CC1. The smallest absolute Gasteiger partial charge is 0.317 e. The Hall–Kier alpha value is -2.28. The van der Waals surface area contributed by atoms with Gasteiger partial charge >= 0.3 is 23.9 Å². The molecule has 1 heterocycles. The summed E-state index contributed by atoms with van der Waals surface area (Å²) < 4.78 is 16.5. The molecule has 1 saturated heterocycles. The van der Waals surface area contributed by atoms with E-state index in [4.69, 9.17) is 14.2 Å². The first kappa shape index (κ1) is 38.7. The van der Waals surface area contributed by atoms with Crippen LogP contribution in [0.2, 0.25) is 0 Å². The molecule has 250 valence electrons. The number of esters is 3. The van der Waals surface area contributed by atoms with Gasteiger partial charge in [0.1, 0.15) is 16.8 Å². The minimum Gasteiger partial charge on any atom is -0.480 e. The maximum Gasteiger partial charge on any atom is 0.317 e. The van der Waals surface area contributed by atoms with Gasteiger partial charge in [0, 0.05) is 72.0 Å². The van der Waals surface area contributed by atoms with Gasteiger partial charge in [0.2, 0.25) is 0 Å². The summed E-state index contributed by atoms with van der Waals surface area (Å²) in [6.45, 7) is 22.7. The summed E-state index contributed by atoms with van der Waals surface area (Å²) >= 11 is 0. The molecule has 1 aliphatic rings. The van der Waals surface area contributed by atoms with Crippen molar-refractivity contribution in [2.75, 3.05) is 78.5 Å². The first-order chi connectivity index (χ1) is 19.7. The molecule has 0 radical (unpaired) electrons. The van der Waals surface area contributed by atoms with Crippen LogP contribution in [0.1, 0.15) is 81.6 Å². The summed E-state index contributed by atoms with van der Waals surface area (Å²) in [5, 5.41) is 9.53. The van der Waals surface area contributed by atoms with Gasteiger partial charge in [-0.25, -0.2) is 0 Å². The number of carbonyl (C=O) groups is 4. The lowest BCUT2D eigenvalue weighted by Gasteiger charge is -2.34. The van der Waals surface area contributed by atoms with Gasteiger partial charge in [-0.1, -0.05) is 0 Å². The van der Waals surface area contributed by atoms with E-state index >= 15 is 0 Å². The minimum atomic E-state index is -0.902. The number of ether oxygens (including phenoxy) is 3. The van der Waals surface area contributed by atoms with Crippen molar-refractivity contribution in [1.29, 1.82) is 0 Å². The highest BCUT2D eigenvalue weighted by atomic mass is 16.6. The maximum absolute atomic E-state index is 12.5. The molecule has 1 rings (SSSR count). The Morgan fingerprint density at radius 2 is 0.721 bits per heavy atom. The molecule has 1 N–H and O–H groups in total. The van der Waals surface area contributed by atoms with Crippen LogP contribution in [-0.2, 0) is 33.4 Å². The molecule has 0 amide bonds. The number of rotatable bonds is 11. The van der Waals surface area contributed by atoms with Gasteiger partial charge < -0.3 is 34.0 Å². The third-order valence-corrected chi connectivity index (χ3v) is 6.45. The Bertz CT molecular complexity index is 844. The van der Waals surface area contributed by atoms with Gasteiger partial charge in [-0.05, 0) is 62.3 Å². The van der Waals surface area contributed by atoms with E-state index in [9.17, 15) is 24.3 Å². The van der Waals surface area contributed by atoms with E-state index in [1.807, 2.05) is 67.2 Å². The van der Waals surface area contributed by atoms with E-state index in [1.165, 1.54) is 0 Å². The third-order valence-electron chi connectivity index (χ3n) is 6.45. The molecular weight excluding hydrogens is 556 g/mol. The molecular formula is C31H58N4O8. The molecule has 1 fully saturated rings. The highest BCUT2D eigenvalue weighted by molar-refractivity contribution is 5.71. The Morgan fingerprint density at radius 1 is 0.488 bits per heavy atom. The van der Waals surface area contributed by atoms with Gasteiger partial charge in [-0.3, -0.25) is 24.1 Å². The van der Waals surface area contributed by atoms with Crippen molar-refractivity contribution in [3.63, 3.8) is 0 Å². The average Bonchev–Trinajstić information content (AvgIpc) is 2.80. The predicted octanol–water partition coefficient (Wildman–Crippen LogP) is 2.49. The molecule has 43 heavy (non-hydrogen) atoms. The van der Waals surface area contributed by atoms with Gasteiger partial charge in [-0.15, -0.1) is 0 Å². The van der Waals surface area contributed by atoms with Crippen LogP contribution in [0.25, 0.3) is 0 Å². The van der Waals surface area contributed by atoms with Crippen LogP contribution in [0, 0.1) is 0 Å². The molecule has 0 spiro atoms. The van der Waals surface area contributed by atoms with E-state index in [1.54, 1.807) is 0 Å². The number of carboxylic acid groups (broad SMARTS) is 1. The number of nitrogens with zero attached hydrogens (tertiary/aromatic N) is 4. The molecule has 12 heteroatoms. The van der Waals surface area contributed by atoms with Crippen LogP contribution < -0.4 is 0 Å². The number of hydrogen-bond acceptors (Lipinski definition) is 11. The Labute approximate surface area is 259 Å². The Balaban J connectivity index is 3.04. The summed E-state index contributed by atoms with van der Waals surface area (Å²) in [6, 6.07) is 0. The zero-order valence-electron chi connectivity index (χ0n) is 28.2. The molecule has 0 unspecified atom stereocenters. The summed E-state index contributed by atoms with van der Waals surface area (Å²) in [7, 11) is 0. The molecule has 0 aliphatic carbocycles. The second-order valence-electron chi connectivity index (χ2n) is 14.2. The summed E-state index contributed by atoms with van der Waals surface area (Å²) in [6.07, 6.45) is 0.707. The monoisotopic (exact) mass is 614 g/mol. The quantitative estimate of drug-likeness (QED) is 0.271. The molecule has 12 nitrogen and oxygen atoms in total. The second-order valence-corrected chi connectivity index (χ2v) is 14.2. The molecule has 0 bridgehead atoms. The fourth-order valence-electron chi connectivity index (χ4n) is 4.52. The van der Waals surface area contributed by atoms with Crippen molar-refractivity contribution in [2.45, 2.75) is 98.4 Å². The number of carboxylic acids is 1. The molecule has 0 saturated carbocycles. The van der Waals surface area contributed by atoms with E-state index < -0.39 is 22.8 Å². The van der Waals surface area contributed by atoms with Crippen LogP contribution in [0.5, 0.6) is 0 Å². The molecule has 0 atom stereocenters. The maximum atomic E-state index is 12.5. The van der Waals surface area contributed by atoms with E-state index in [0.717, 1.165) is 0 Å². The molecule has 0 aromatic heterocycles. The standard InChI is InChI=1S/C31H58N4O8/c1-29(2,3)41-26(38)10-13-32-16-18-33(14-11-27(39)42-30(4,5)6)20-22-35(24-25(36)37)23-21-34(19-17-32)15-12-28(40)43-31(7,8)9/h10-24H2,1-9H3,(H,36,37). The summed E-state index contributed by atoms with van der Waals surface area (Å²) in [5.74, 6) is -1.71. The van der Waals surface area contributed by atoms with Crippen molar-refractivity contribution >= 4 is 23.9 Å². The van der Waals surface area contributed by atoms with Crippen LogP contribution in [0.4, 0.5) is 0 Å².